The number of rotatable bonds is 13. The highest BCUT2D eigenvalue weighted by molar-refractivity contribution is 5.69. The normalized spacial score (nSPS) is 11.6. The predicted molar refractivity (Wildman–Crippen MR) is 118 cm³/mol. The van der Waals surface area contributed by atoms with E-state index < -0.39 is 0 Å². The molecule has 28 heavy (non-hydrogen) atoms. The van der Waals surface area contributed by atoms with E-state index in [1.807, 2.05) is 19.1 Å². The number of carbonyl (C=O) groups excluding carboxylic acids is 1. The van der Waals surface area contributed by atoms with Crippen LogP contribution in [0.2, 0.25) is 0 Å². The number of benzene rings is 1. The van der Waals surface area contributed by atoms with Crippen LogP contribution < -0.4 is 0 Å². The second-order valence-electron chi connectivity index (χ2n) is 8.95. The van der Waals surface area contributed by atoms with Crippen molar-refractivity contribution in [2.75, 3.05) is 6.61 Å². The zero-order chi connectivity index (χ0) is 21.0. The Hall–Kier alpha value is -1.51. The summed E-state index contributed by atoms with van der Waals surface area (Å²) in [4.78, 5) is 12.1. The van der Waals surface area contributed by atoms with Gasteiger partial charge in [-0.3, -0.25) is 4.79 Å². The third-order valence-corrected chi connectivity index (χ3v) is 5.32. The first-order valence-electron chi connectivity index (χ1n) is 11.3. The molecule has 0 unspecified atom stereocenters. The smallest absolute Gasteiger partial charge is 0.306 e. The van der Waals surface area contributed by atoms with Crippen molar-refractivity contribution in [2.24, 2.45) is 0 Å². The number of aromatic hydroxyl groups is 1. The summed E-state index contributed by atoms with van der Waals surface area (Å²) in [6, 6.07) is 4.07. The Balaban J connectivity index is 2.35. The van der Waals surface area contributed by atoms with Crippen LogP contribution in [-0.4, -0.2) is 17.7 Å². The van der Waals surface area contributed by atoms with Crippen LogP contribution in [0.25, 0.3) is 0 Å². The second-order valence-corrected chi connectivity index (χ2v) is 8.95. The zero-order valence-corrected chi connectivity index (χ0v) is 18.9. The van der Waals surface area contributed by atoms with E-state index in [-0.39, 0.29) is 11.4 Å². The summed E-state index contributed by atoms with van der Waals surface area (Å²) in [5, 5.41) is 10.5. The van der Waals surface area contributed by atoms with Crippen LogP contribution in [0.15, 0.2) is 12.1 Å². The van der Waals surface area contributed by atoms with E-state index >= 15 is 0 Å². The van der Waals surface area contributed by atoms with Crippen molar-refractivity contribution in [1.82, 2.24) is 0 Å². The van der Waals surface area contributed by atoms with E-state index in [1.54, 1.807) is 0 Å². The van der Waals surface area contributed by atoms with Crippen LogP contribution in [-0.2, 0) is 27.8 Å². The van der Waals surface area contributed by atoms with Gasteiger partial charge in [-0.2, -0.15) is 0 Å². The minimum atomic E-state index is -0.124. The summed E-state index contributed by atoms with van der Waals surface area (Å²) in [6.45, 7) is 11.1. The van der Waals surface area contributed by atoms with Gasteiger partial charge in [-0.15, -0.1) is 0 Å². The summed E-state index contributed by atoms with van der Waals surface area (Å²) in [5.41, 5.74) is 2.88. The molecule has 0 saturated carbocycles. The van der Waals surface area contributed by atoms with Crippen LogP contribution in [0.3, 0.4) is 0 Å². The molecule has 1 aromatic carbocycles. The maximum Gasteiger partial charge on any atom is 0.306 e. The van der Waals surface area contributed by atoms with Gasteiger partial charge in [0, 0.05) is 6.42 Å². The van der Waals surface area contributed by atoms with Crippen LogP contribution >= 0.6 is 0 Å². The van der Waals surface area contributed by atoms with E-state index in [0.29, 0.717) is 25.2 Å². The fraction of sp³-hybridized carbons (Fsp3) is 0.720. The highest BCUT2D eigenvalue weighted by Crippen LogP contribution is 2.35. The number of hydrogen-bond donors (Lipinski definition) is 1. The Bertz CT molecular complexity index is 584. The maximum atomic E-state index is 12.1. The number of phenolic OH excluding ortho intramolecular Hbond substituents is 1. The monoisotopic (exact) mass is 390 g/mol. The summed E-state index contributed by atoms with van der Waals surface area (Å²) in [7, 11) is 0. The van der Waals surface area contributed by atoms with Crippen molar-refractivity contribution in [3.8, 4) is 5.75 Å². The number of carbonyl (C=O) groups is 1. The van der Waals surface area contributed by atoms with E-state index in [2.05, 4.69) is 27.7 Å². The standard InChI is InChI=1S/C25H42O3/c1-6-8-9-10-11-12-13-14-17-28-23(26)16-15-20-18-21(7-2)24(27)22(19-20)25(3,4)5/h18-19,27H,6-17H2,1-5H3. The number of aryl methyl sites for hydroxylation is 2. The summed E-state index contributed by atoms with van der Waals surface area (Å²) in [5.74, 6) is 0.280. The third-order valence-electron chi connectivity index (χ3n) is 5.32. The highest BCUT2D eigenvalue weighted by atomic mass is 16.5. The van der Waals surface area contributed by atoms with E-state index in [1.165, 1.54) is 38.5 Å². The number of esters is 1. The average Bonchev–Trinajstić information content (AvgIpc) is 2.64. The molecule has 0 aliphatic carbocycles. The van der Waals surface area contributed by atoms with Gasteiger partial charge in [-0.1, -0.05) is 91.7 Å². The molecule has 0 aliphatic heterocycles. The van der Waals surface area contributed by atoms with Crippen molar-refractivity contribution in [1.29, 1.82) is 0 Å². The van der Waals surface area contributed by atoms with Gasteiger partial charge in [0.1, 0.15) is 5.75 Å². The minimum absolute atomic E-state index is 0.119. The molecule has 1 rings (SSSR count). The van der Waals surface area contributed by atoms with E-state index in [9.17, 15) is 9.90 Å². The predicted octanol–water partition coefficient (Wildman–Crippen LogP) is 6.87. The summed E-state index contributed by atoms with van der Waals surface area (Å²) in [6.07, 6.45) is 11.8. The van der Waals surface area contributed by atoms with Crippen LogP contribution in [0, 0.1) is 0 Å². The first-order valence-corrected chi connectivity index (χ1v) is 11.3. The minimum Gasteiger partial charge on any atom is -0.507 e. The lowest BCUT2D eigenvalue weighted by atomic mass is 9.83. The van der Waals surface area contributed by atoms with E-state index in [0.717, 1.165) is 36.0 Å². The van der Waals surface area contributed by atoms with Crippen LogP contribution in [0.4, 0.5) is 0 Å². The Morgan fingerprint density at radius 1 is 0.964 bits per heavy atom. The molecule has 3 heteroatoms. The molecule has 0 heterocycles. The van der Waals surface area contributed by atoms with Crippen molar-refractivity contribution < 1.29 is 14.6 Å². The number of unbranched alkanes of at least 4 members (excludes halogenated alkanes) is 7. The molecule has 0 amide bonds. The lowest BCUT2D eigenvalue weighted by molar-refractivity contribution is -0.143. The number of phenols is 1. The molecule has 0 aromatic heterocycles. The number of ether oxygens (including phenoxy) is 1. The Morgan fingerprint density at radius 2 is 1.57 bits per heavy atom. The Kier molecular flexibility index (Phi) is 11.3. The van der Waals surface area contributed by atoms with Crippen LogP contribution in [0.1, 0.15) is 109 Å². The molecule has 1 aromatic rings. The fourth-order valence-corrected chi connectivity index (χ4v) is 3.49. The van der Waals surface area contributed by atoms with Gasteiger partial charge in [-0.25, -0.2) is 0 Å². The van der Waals surface area contributed by atoms with Crippen LogP contribution in [0.5, 0.6) is 5.75 Å². The maximum absolute atomic E-state index is 12.1. The van der Waals surface area contributed by atoms with Gasteiger partial charge < -0.3 is 9.84 Å². The van der Waals surface area contributed by atoms with Gasteiger partial charge in [-0.05, 0) is 41.4 Å². The van der Waals surface area contributed by atoms with Gasteiger partial charge in [0.2, 0.25) is 0 Å². The largest absolute Gasteiger partial charge is 0.507 e. The molecule has 0 fully saturated rings. The van der Waals surface area contributed by atoms with Crippen molar-refractivity contribution in [3.63, 3.8) is 0 Å². The molecule has 0 bridgehead atoms. The molecule has 0 atom stereocenters. The lowest BCUT2D eigenvalue weighted by Crippen LogP contribution is -2.13. The van der Waals surface area contributed by atoms with Gasteiger partial charge >= 0.3 is 5.97 Å². The third kappa shape index (κ3) is 9.12. The lowest BCUT2D eigenvalue weighted by Gasteiger charge is -2.23. The Labute approximate surface area is 172 Å². The quantitative estimate of drug-likeness (QED) is 0.295. The van der Waals surface area contributed by atoms with E-state index in [4.69, 9.17) is 4.74 Å². The van der Waals surface area contributed by atoms with Gasteiger partial charge in [0.15, 0.2) is 0 Å². The highest BCUT2D eigenvalue weighted by Gasteiger charge is 2.21. The Morgan fingerprint density at radius 3 is 2.14 bits per heavy atom. The second kappa shape index (κ2) is 12.9. The number of hydrogen-bond acceptors (Lipinski definition) is 3. The first kappa shape index (κ1) is 24.5. The molecule has 160 valence electrons. The SMILES string of the molecule is CCCCCCCCCCOC(=O)CCc1cc(CC)c(O)c(C(C)(C)C)c1. The van der Waals surface area contributed by atoms with Crippen molar-refractivity contribution in [3.05, 3.63) is 28.8 Å². The molecule has 0 aliphatic rings. The molecule has 3 nitrogen and oxygen atoms in total. The molecular weight excluding hydrogens is 348 g/mol. The zero-order valence-electron chi connectivity index (χ0n) is 18.9. The fourth-order valence-electron chi connectivity index (χ4n) is 3.49. The molecule has 1 N–H and O–H groups in total. The topological polar surface area (TPSA) is 46.5 Å². The summed E-state index contributed by atoms with van der Waals surface area (Å²) >= 11 is 0. The van der Waals surface area contributed by atoms with Crippen molar-refractivity contribution in [2.45, 2.75) is 111 Å². The molecular formula is C25H42O3. The summed E-state index contributed by atoms with van der Waals surface area (Å²) < 4.78 is 5.40. The van der Waals surface area contributed by atoms with Gasteiger partial charge in [0.05, 0.1) is 6.61 Å². The molecule has 0 radical (unpaired) electrons. The van der Waals surface area contributed by atoms with Crippen molar-refractivity contribution >= 4 is 5.97 Å². The van der Waals surface area contributed by atoms with Gasteiger partial charge in [0.25, 0.3) is 0 Å². The molecule has 0 spiro atoms. The average molecular weight is 391 g/mol. The molecule has 0 saturated heterocycles. The first-order chi connectivity index (χ1) is 13.3.